The molecule has 1 aromatic rings. The molecule has 1 aliphatic heterocycles. The number of hydrogen-bond acceptors (Lipinski definition) is 2. The van der Waals surface area contributed by atoms with E-state index in [4.69, 9.17) is 4.55 Å². The van der Waals surface area contributed by atoms with Gasteiger partial charge in [0.2, 0.25) is 0 Å². The minimum absolute atomic E-state index is 0. The van der Waals surface area contributed by atoms with Gasteiger partial charge in [-0.05, 0) is 6.42 Å². The van der Waals surface area contributed by atoms with Gasteiger partial charge in [-0.25, -0.2) is 4.58 Å². The Hall–Kier alpha value is 0.436. The Morgan fingerprint density at radius 1 is 1.33 bits per heavy atom. The number of unbranched alkanes of at least 4 members (excludes halogenated alkanes) is 1. The van der Waals surface area contributed by atoms with Crippen LogP contribution in [-0.2, 0) is 15.5 Å². The minimum atomic E-state index is -3.85. The minimum Gasteiger partial charge on any atom is -0.286 e. The Bertz CT molecular complexity index is 651. The third kappa shape index (κ3) is 4.47. The maximum Gasteiger partial charge on any atom is 1.00 e. The smallest absolute Gasteiger partial charge is 0.286 e. The summed E-state index contributed by atoms with van der Waals surface area (Å²) in [7, 11) is -3.85. The van der Waals surface area contributed by atoms with Crippen molar-refractivity contribution in [3.8, 4) is 0 Å². The number of benzene rings is 1. The predicted molar refractivity (Wildman–Crippen MR) is 79.4 cm³/mol. The van der Waals surface area contributed by atoms with Crippen molar-refractivity contribution in [2.45, 2.75) is 39.0 Å². The van der Waals surface area contributed by atoms with Gasteiger partial charge in [0.25, 0.3) is 10.1 Å². The standard InChI is InChI=1S/C15H21NO3S.K/c1-12-15(2,3)13-8-4-5-9-14(13)16(12)10-6-7-11-20(17,18)19;/h5,8-9H,6-7,10-11H2,1-3H3,(H,17,18,19);/q;+1. The van der Waals surface area contributed by atoms with Crippen LogP contribution < -0.4 is 51.4 Å². The summed E-state index contributed by atoms with van der Waals surface area (Å²) in [5, 5.41) is 0. The fourth-order valence-corrected chi connectivity index (χ4v) is 3.28. The average Bonchev–Trinajstić information content (AvgIpc) is 2.54. The molecule has 0 fully saturated rings. The summed E-state index contributed by atoms with van der Waals surface area (Å²) in [4.78, 5) is 0. The average molecular weight is 335 g/mol. The maximum atomic E-state index is 10.7. The van der Waals surface area contributed by atoms with Crippen molar-refractivity contribution in [2.24, 2.45) is 0 Å². The van der Waals surface area contributed by atoms with Crippen molar-refractivity contribution in [3.63, 3.8) is 0 Å². The molecule has 0 radical (unpaired) electrons. The molecule has 1 aromatic carbocycles. The largest absolute Gasteiger partial charge is 1.00 e. The molecular formula is C15H21KNO3S+. The summed E-state index contributed by atoms with van der Waals surface area (Å²) in [6, 6.07) is 9.10. The molecule has 1 N–H and O–H groups in total. The van der Waals surface area contributed by atoms with Gasteiger partial charge >= 0.3 is 51.4 Å². The fraction of sp³-hybridized carbons (Fsp3) is 0.533. The van der Waals surface area contributed by atoms with Gasteiger partial charge in [0.15, 0.2) is 5.71 Å². The molecule has 21 heavy (non-hydrogen) atoms. The molecule has 0 saturated heterocycles. The number of nitrogens with zero attached hydrogens (tertiary/aromatic N) is 1. The molecule has 0 amide bonds. The molecule has 2 rings (SSSR count). The molecule has 0 bridgehead atoms. The number of fused-ring (bicyclic) bond motifs is 1. The van der Waals surface area contributed by atoms with Crippen molar-refractivity contribution in [1.82, 2.24) is 0 Å². The second kappa shape index (κ2) is 7.34. The zero-order valence-corrected chi connectivity index (χ0v) is 17.1. The van der Waals surface area contributed by atoms with E-state index in [0.717, 1.165) is 13.0 Å². The summed E-state index contributed by atoms with van der Waals surface area (Å²) in [6.07, 6.45) is 1.20. The third-order valence-electron chi connectivity index (χ3n) is 4.15. The summed E-state index contributed by atoms with van der Waals surface area (Å²) in [5.41, 5.74) is 3.68. The first-order chi connectivity index (χ1) is 9.23. The molecule has 4 nitrogen and oxygen atoms in total. The van der Waals surface area contributed by atoms with E-state index < -0.39 is 10.1 Å². The van der Waals surface area contributed by atoms with E-state index in [0.29, 0.717) is 6.42 Å². The molecule has 6 heteroatoms. The van der Waals surface area contributed by atoms with E-state index in [1.54, 1.807) is 0 Å². The molecule has 1 aliphatic rings. The van der Waals surface area contributed by atoms with Crippen LogP contribution in [0.4, 0.5) is 5.69 Å². The third-order valence-corrected chi connectivity index (χ3v) is 4.95. The maximum absolute atomic E-state index is 10.7. The summed E-state index contributed by atoms with van der Waals surface area (Å²) >= 11 is 0. The van der Waals surface area contributed by atoms with Crippen LogP contribution in [0.15, 0.2) is 18.2 Å². The zero-order chi connectivity index (χ0) is 15.0. The quantitative estimate of drug-likeness (QED) is 0.261. The van der Waals surface area contributed by atoms with Gasteiger partial charge in [-0.1, -0.05) is 19.4 Å². The van der Waals surface area contributed by atoms with Crippen molar-refractivity contribution < 1.29 is 68.9 Å². The van der Waals surface area contributed by atoms with E-state index in [9.17, 15) is 8.42 Å². The summed E-state index contributed by atoms with van der Waals surface area (Å²) in [5.74, 6) is -0.168. The van der Waals surface area contributed by atoms with Crippen LogP contribution in [0, 0.1) is 6.07 Å². The SMILES string of the molecule is CC1=[N+](CCCCS(=O)(=O)O)c2cc[c-]cc2C1(C)C.[K+]. The van der Waals surface area contributed by atoms with Crippen molar-refractivity contribution >= 4 is 21.5 Å². The van der Waals surface area contributed by atoms with Crippen LogP contribution in [-0.4, -0.2) is 35.6 Å². The van der Waals surface area contributed by atoms with E-state index >= 15 is 0 Å². The predicted octanol–water partition coefficient (Wildman–Crippen LogP) is -0.445. The van der Waals surface area contributed by atoms with Gasteiger partial charge in [0.05, 0.1) is 5.75 Å². The van der Waals surface area contributed by atoms with Crippen LogP contribution >= 0.6 is 0 Å². The van der Waals surface area contributed by atoms with Gasteiger partial charge in [-0.15, -0.1) is 6.07 Å². The van der Waals surface area contributed by atoms with Gasteiger partial charge in [0.1, 0.15) is 12.2 Å². The summed E-state index contributed by atoms with van der Waals surface area (Å²) < 4.78 is 32.4. The second-order valence-electron chi connectivity index (χ2n) is 5.80. The Labute approximate surface area is 169 Å². The van der Waals surface area contributed by atoms with Gasteiger partial charge < -0.3 is 0 Å². The Kier molecular flexibility index (Phi) is 6.81. The first kappa shape index (κ1) is 19.5. The molecule has 0 atom stereocenters. The summed E-state index contributed by atoms with van der Waals surface area (Å²) in [6.45, 7) is 7.25. The van der Waals surface area contributed by atoms with E-state index in [-0.39, 0.29) is 62.6 Å². The van der Waals surface area contributed by atoms with Crippen molar-refractivity contribution in [2.75, 3.05) is 12.3 Å². The van der Waals surface area contributed by atoms with Crippen LogP contribution in [0.3, 0.4) is 0 Å². The van der Waals surface area contributed by atoms with Gasteiger partial charge in [-0.3, -0.25) is 4.55 Å². The fourth-order valence-electron chi connectivity index (χ4n) is 2.71. The normalized spacial score (nSPS) is 16.6. The molecule has 0 aliphatic carbocycles. The Morgan fingerprint density at radius 3 is 2.62 bits per heavy atom. The molecule has 0 aromatic heterocycles. The van der Waals surface area contributed by atoms with E-state index in [2.05, 4.69) is 37.5 Å². The van der Waals surface area contributed by atoms with Crippen molar-refractivity contribution in [3.05, 3.63) is 29.8 Å². The Morgan fingerprint density at radius 2 is 2.00 bits per heavy atom. The number of rotatable bonds is 5. The zero-order valence-electron chi connectivity index (χ0n) is 13.2. The monoisotopic (exact) mass is 334 g/mol. The topological polar surface area (TPSA) is 57.4 Å². The van der Waals surface area contributed by atoms with Crippen molar-refractivity contribution in [1.29, 1.82) is 0 Å². The van der Waals surface area contributed by atoms with Crippen LogP contribution in [0.1, 0.15) is 39.2 Å². The molecule has 1 heterocycles. The first-order valence-corrected chi connectivity index (χ1v) is 8.42. The first-order valence-electron chi connectivity index (χ1n) is 6.81. The van der Waals surface area contributed by atoms with Gasteiger partial charge in [-0.2, -0.15) is 26.6 Å². The van der Waals surface area contributed by atoms with Crippen LogP contribution in [0.2, 0.25) is 0 Å². The second-order valence-corrected chi connectivity index (χ2v) is 7.37. The van der Waals surface area contributed by atoms with Crippen LogP contribution in [0.5, 0.6) is 0 Å². The molecular weight excluding hydrogens is 313 g/mol. The van der Waals surface area contributed by atoms with Gasteiger partial charge in [0, 0.05) is 18.8 Å². The molecule has 0 spiro atoms. The molecule has 0 saturated carbocycles. The number of hydrogen-bond donors (Lipinski definition) is 1. The van der Waals surface area contributed by atoms with E-state index in [1.807, 2.05) is 12.1 Å². The van der Waals surface area contributed by atoms with Crippen LogP contribution in [0.25, 0.3) is 0 Å². The van der Waals surface area contributed by atoms with E-state index in [1.165, 1.54) is 17.0 Å². The Balaban J connectivity index is 0.00000220. The molecule has 0 unspecified atom stereocenters. The molecule has 110 valence electrons.